The van der Waals surface area contributed by atoms with Gasteiger partial charge >= 0.3 is 0 Å². The average molecular weight is 253 g/mol. The summed E-state index contributed by atoms with van der Waals surface area (Å²) in [6.07, 6.45) is 10.7. The Kier molecular flexibility index (Phi) is 5.19. The van der Waals surface area contributed by atoms with Crippen LogP contribution in [0.25, 0.3) is 0 Å². The Bertz CT molecular complexity index is 253. The van der Waals surface area contributed by atoms with Crippen LogP contribution in [0.2, 0.25) is 0 Å². The quantitative estimate of drug-likeness (QED) is 0.570. The first-order valence-electron chi connectivity index (χ1n) is 7.50. The first-order valence-corrected chi connectivity index (χ1v) is 7.50. The van der Waals surface area contributed by atoms with Crippen LogP contribution >= 0.6 is 0 Å². The fourth-order valence-corrected chi connectivity index (χ4v) is 3.50. The Morgan fingerprint density at radius 3 is 2.33 bits per heavy atom. The van der Waals surface area contributed by atoms with Crippen molar-refractivity contribution in [2.24, 2.45) is 5.41 Å². The lowest BCUT2D eigenvalue weighted by atomic mass is 9.81. The maximum Gasteiger partial charge on any atom is 0.127 e. The second-order valence-electron chi connectivity index (χ2n) is 6.15. The van der Waals surface area contributed by atoms with Crippen molar-refractivity contribution in [1.82, 2.24) is 4.90 Å². The van der Waals surface area contributed by atoms with Crippen molar-refractivity contribution in [2.45, 2.75) is 57.4 Å². The van der Waals surface area contributed by atoms with Gasteiger partial charge in [0.2, 0.25) is 0 Å². The van der Waals surface area contributed by atoms with Gasteiger partial charge in [-0.05, 0) is 32.7 Å². The fourth-order valence-electron chi connectivity index (χ4n) is 3.50. The van der Waals surface area contributed by atoms with Gasteiger partial charge in [-0.1, -0.05) is 25.7 Å². The molecule has 1 aliphatic carbocycles. The molecule has 18 heavy (non-hydrogen) atoms. The molecule has 0 bridgehead atoms. The molecule has 1 heterocycles. The molecule has 0 radical (unpaired) electrons. The van der Waals surface area contributed by atoms with Crippen molar-refractivity contribution in [3.8, 4) is 0 Å². The monoisotopic (exact) mass is 253 g/mol. The average Bonchev–Trinajstić information content (AvgIpc) is 2.66. The third kappa shape index (κ3) is 3.55. The van der Waals surface area contributed by atoms with Gasteiger partial charge in [0.15, 0.2) is 0 Å². The predicted octanol–water partition coefficient (Wildman–Crippen LogP) is 2.64. The molecule has 1 saturated heterocycles. The molecule has 0 atom stereocenters. The van der Waals surface area contributed by atoms with Crippen molar-refractivity contribution in [3.05, 3.63) is 0 Å². The Balaban J connectivity index is 1.93. The number of carbonyl (C=O) groups is 1. The molecule has 3 nitrogen and oxygen atoms in total. The lowest BCUT2D eigenvalue weighted by Gasteiger charge is -2.37. The normalized spacial score (nSPS) is 25.9. The minimum absolute atomic E-state index is 0.0659. The molecule has 0 unspecified atom stereocenters. The highest BCUT2D eigenvalue weighted by molar-refractivity contribution is 5.59. The second-order valence-corrected chi connectivity index (χ2v) is 6.15. The summed E-state index contributed by atoms with van der Waals surface area (Å²) in [4.78, 5) is 14.0. The second kappa shape index (κ2) is 6.67. The number of nitrogens with zero attached hydrogens (tertiary/aromatic N) is 1. The maximum absolute atomic E-state index is 11.6. The minimum Gasteiger partial charge on any atom is -0.381 e. The van der Waals surface area contributed by atoms with Crippen LogP contribution in [0.5, 0.6) is 0 Å². The molecule has 0 aromatic carbocycles. The van der Waals surface area contributed by atoms with Gasteiger partial charge in [0.25, 0.3) is 0 Å². The first-order chi connectivity index (χ1) is 8.76. The van der Waals surface area contributed by atoms with E-state index in [0.717, 1.165) is 45.4 Å². The van der Waals surface area contributed by atoms with Gasteiger partial charge in [0, 0.05) is 31.2 Å². The number of aldehydes is 1. The lowest BCUT2D eigenvalue weighted by molar-refractivity contribution is -0.118. The zero-order valence-corrected chi connectivity index (χ0v) is 11.7. The highest BCUT2D eigenvalue weighted by Crippen LogP contribution is 2.34. The number of ether oxygens (including phenoxy) is 1. The Hall–Kier alpha value is -0.410. The van der Waals surface area contributed by atoms with E-state index >= 15 is 0 Å². The zero-order valence-electron chi connectivity index (χ0n) is 11.7. The molecule has 104 valence electrons. The molecule has 0 aromatic rings. The highest BCUT2D eigenvalue weighted by atomic mass is 16.5. The standard InChI is InChI=1S/C15H27NO2/c1-16(14-6-10-18-11-7-14)12-15(13-17)8-4-2-3-5-9-15/h13-14H,2-12H2,1H3. The number of hydrogen-bond acceptors (Lipinski definition) is 3. The summed E-state index contributed by atoms with van der Waals surface area (Å²) in [5.74, 6) is 0. The molecule has 1 saturated carbocycles. The van der Waals surface area contributed by atoms with Crippen molar-refractivity contribution in [1.29, 1.82) is 0 Å². The number of rotatable bonds is 4. The van der Waals surface area contributed by atoms with E-state index in [-0.39, 0.29) is 5.41 Å². The number of hydrogen-bond donors (Lipinski definition) is 0. The van der Waals surface area contributed by atoms with Gasteiger partial charge in [-0.15, -0.1) is 0 Å². The smallest absolute Gasteiger partial charge is 0.127 e. The van der Waals surface area contributed by atoms with Crippen LogP contribution in [-0.2, 0) is 9.53 Å². The van der Waals surface area contributed by atoms with Crippen molar-refractivity contribution < 1.29 is 9.53 Å². The molecule has 2 rings (SSSR count). The van der Waals surface area contributed by atoms with E-state index in [2.05, 4.69) is 11.9 Å². The van der Waals surface area contributed by atoms with E-state index in [1.165, 1.54) is 32.0 Å². The Morgan fingerprint density at radius 1 is 1.17 bits per heavy atom. The third-order valence-corrected chi connectivity index (χ3v) is 4.73. The largest absolute Gasteiger partial charge is 0.381 e. The molecule has 1 aliphatic heterocycles. The lowest BCUT2D eigenvalue weighted by Crippen LogP contribution is -2.44. The summed E-state index contributed by atoms with van der Waals surface area (Å²) >= 11 is 0. The van der Waals surface area contributed by atoms with Gasteiger partial charge < -0.3 is 14.4 Å². The van der Waals surface area contributed by atoms with Gasteiger partial charge in [-0.2, -0.15) is 0 Å². The molecule has 0 N–H and O–H groups in total. The van der Waals surface area contributed by atoms with Crippen LogP contribution < -0.4 is 0 Å². The SMILES string of the molecule is CN(CC1(C=O)CCCCCC1)C1CCOCC1. The van der Waals surface area contributed by atoms with Gasteiger partial charge in [-0.3, -0.25) is 0 Å². The summed E-state index contributed by atoms with van der Waals surface area (Å²) < 4.78 is 5.42. The maximum atomic E-state index is 11.6. The topological polar surface area (TPSA) is 29.5 Å². The third-order valence-electron chi connectivity index (χ3n) is 4.73. The molecule has 2 fully saturated rings. The zero-order chi connectivity index (χ0) is 12.8. The highest BCUT2D eigenvalue weighted by Gasteiger charge is 2.33. The van der Waals surface area contributed by atoms with E-state index < -0.39 is 0 Å². The Labute approximate surface area is 111 Å². The molecule has 3 heteroatoms. The molecule has 0 aromatic heterocycles. The van der Waals surface area contributed by atoms with E-state index in [1.807, 2.05) is 0 Å². The molecule has 0 spiro atoms. The van der Waals surface area contributed by atoms with Gasteiger partial charge in [0.1, 0.15) is 6.29 Å². The van der Waals surface area contributed by atoms with Crippen LogP contribution in [0.4, 0.5) is 0 Å². The van der Waals surface area contributed by atoms with E-state index in [9.17, 15) is 4.79 Å². The summed E-state index contributed by atoms with van der Waals surface area (Å²) in [6, 6.07) is 0.610. The summed E-state index contributed by atoms with van der Waals surface area (Å²) in [7, 11) is 2.19. The van der Waals surface area contributed by atoms with Crippen LogP contribution in [0, 0.1) is 5.41 Å². The van der Waals surface area contributed by atoms with Crippen LogP contribution in [-0.4, -0.2) is 44.0 Å². The molecular formula is C15H27NO2. The summed E-state index contributed by atoms with van der Waals surface area (Å²) in [5, 5.41) is 0. The van der Waals surface area contributed by atoms with E-state index in [0.29, 0.717) is 6.04 Å². The summed E-state index contributed by atoms with van der Waals surface area (Å²) in [6.45, 7) is 2.70. The Morgan fingerprint density at radius 2 is 1.78 bits per heavy atom. The van der Waals surface area contributed by atoms with Crippen molar-refractivity contribution in [3.63, 3.8) is 0 Å². The van der Waals surface area contributed by atoms with Crippen molar-refractivity contribution >= 4 is 6.29 Å². The van der Waals surface area contributed by atoms with Crippen LogP contribution in [0.3, 0.4) is 0 Å². The van der Waals surface area contributed by atoms with Gasteiger partial charge in [-0.25, -0.2) is 0 Å². The molecule has 0 amide bonds. The minimum atomic E-state index is -0.0659. The van der Waals surface area contributed by atoms with Crippen LogP contribution in [0.1, 0.15) is 51.4 Å². The fraction of sp³-hybridized carbons (Fsp3) is 0.933. The van der Waals surface area contributed by atoms with Crippen LogP contribution in [0.15, 0.2) is 0 Å². The number of carbonyl (C=O) groups excluding carboxylic acids is 1. The van der Waals surface area contributed by atoms with E-state index in [4.69, 9.17) is 4.74 Å². The van der Waals surface area contributed by atoms with Gasteiger partial charge in [0.05, 0.1) is 0 Å². The predicted molar refractivity (Wildman–Crippen MR) is 72.7 cm³/mol. The first kappa shape index (κ1) is 14.0. The molecule has 2 aliphatic rings. The summed E-state index contributed by atoms with van der Waals surface area (Å²) in [5.41, 5.74) is -0.0659. The molecular weight excluding hydrogens is 226 g/mol. The van der Waals surface area contributed by atoms with Crippen molar-refractivity contribution in [2.75, 3.05) is 26.8 Å². The van der Waals surface area contributed by atoms with E-state index in [1.54, 1.807) is 0 Å².